The summed E-state index contributed by atoms with van der Waals surface area (Å²) in [7, 11) is 0. The minimum absolute atomic E-state index is 0.502. The van der Waals surface area contributed by atoms with Crippen LogP contribution in [0.2, 0.25) is 0 Å². The van der Waals surface area contributed by atoms with Crippen LogP contribution in [-0.2, 0) is 5.54 Å². The molecule has 1 atom stereocenters. The number of furan rings is 3. The Hall–Kier alpha value is -6.92. The van der Waals surface area contributed by atoms with E-state index in [-0.39, 0.29) is 0 Å². The molecule has 3 aromatic heterocycles. The molecule has 10 aromatic rings. The lowest BCUT2D eigenvalue weighted by atomic mass is 9.75. The van der Waals surface area contributed by atoms with Gasteiger partial charge in [-0.05, 0) is 66.1 Å². The van der Waals surface area contributed by atoms with Crippen molar-refractivity contribution >= 4 is 78.4 Å². The van der Waals surface area contributed by atoms with E-state index in [0.29, 0.717) is 11.4 Å². The second-order valence-electron chi connectivity index (χ2n) is 13.1. The molecular formula is C46H31N3O3. The number of aliphatic imine (C=N–C) groups is 1. The fourth-order valence-electron chi connectivity index (χ4n) is 7.96. The van der Waals surface area contributed by atoms with Crippen LogP contribution in [0.5, 0.6) is 0 Å². The summed E-state index contributed by atoms with van der Waals surface area (Å²) in [6, 6.07) is 51.6. The smallest absolute Gasteiger partial charge is 0.154 e. The Bertz CT molecular complexity index is 3040. The minimum Gasteiger partial charge on any atom is -0.456 e. The maximum Gasteiger partial charge on any atom is 0.154 e. The number of rotatable bonds is 6. The van der Waals surface area contributed by atoms with Crippen LogP contribution in [0.4, 0.5) is 0 Å². The van der Waals surface area contributed by atoms with Crippen molar-refractivity contribution in [1.82, 2.24) is 5.43 Å². The van der Waals surface area contributed by atoms with Gasteiger partial charge in [0.25, 0.3) is 0 Å². The average Bonchev–Trinajstić information content (AvgIpc) is 3.88. The molecule has 6 nitrogen and oxygen atoms in total. The van der Waals surface area contributed by atoms with E-state index in [1.165, 1.54) is 0 Å². The van der Waals surface area contributed by atoms with Gasteiger partial charge in [0.1, 0.15) is 39.0 Å². The largest absolute Gasteiger partial charge is 0.456 e. The lowest BCUT2D eigenvalue weighted by Crippen LogP contribution is -2.32. The topological polar surface area (TPSA) is 76.2 Å². The summed E-state index contributed by atoms with van der Waals surface area (Å²) in [5.41, 5.74) is 11.5. The summed E-state index contributed by atoms with van der Waals surface area (Å²) in [4.78, 5) is 5.88. The van der Waals surface area contributed by atoms with Gasteiger partial charge in [-0.25, -0.2) is 4.99 Å². The molecule has 0 fully saturated rings. The Kier molecular flexibility index (Phi) is 6.66. The number of fused-ring (bicyclic) bond motifs is 9. The Morgan fingerprint density at radius 3 is 1.96 bits per heavy atom. The van der Waals surface area contributed by atoms with Crippen molar-refractivity contribution in [3.05, 3.63) is 179 Å². The minimum atomic E-state index is -1.15. The first kappa shape index (κ1) is 29.9. The average molecular weight is 674 g/mol. The molecule has 0 saturated heterocycles. The number of benzene rings is 7. The van der Waals surface area contributed by atoms with E-state index in [2.05, 4.69) is 97.0 Å². The molecule has 0 bridgehead atoms. The van der Waals surface area contributed by atoms with E-state index in [1.807, 2.05) is 78.9 Å². The van der Waals surface area contributed by atoms with Gasteiger partial charge in [-0.1, -0.05) is 109 Å². The standard InChI is InChI=1S/C46H31N3O3/c1-28-13-10-23-40-42(28)43-36(20-12-24-41(43)51-40)46(29-14-4-3-5-15-29,30-25-26-39-35(27-30)32-17-7-8-21-37(32)50-39)48-45(49-47-2)34-19-11-18-33-31-16-6-9-22-38(31)52-44(33)34/h3-27H,2H2,1H3,(H,48,49). The zero-order chi connectivity index (χ0) is 34.8. The molecule has 0 aliphatic carbocycles. The Morgan fingerprint density at radius 2 is 1.15 bits per heavy atom. The predicted octanol–water partition coefficient (Wildman–Crippen LogP) is 11.6. The molecular weight excluding hydrogens is 643 g/mol. The summed E-state index contributed by atoms with van der Waals surface area (Å²) in [6.45, 7) is 5.99. The summed E-state index contributed by atoms with van der Waals surface area (Å²) >= 11 is 0. The second kappa shape index (κ2) is 11.6. The van der Waals surface area contributed by atoms with E-state index in [1.54, 1.807) is 0 Å². The van der Waals surface area contributed by atoms with E-state index in [4.69, 9.17) is 18.2 Å². The SMILES string of the molecule is C=NN/C(=N\C(c1ccccc1)(c1ccc2oc3ccccc3c2c1)c1cccc2oc3cccc(C)c3c12)c1cccc2c1oc1ccccc12. The third-order valence-corrected chi connectivity index (χ3v) is 10.2. The maximum absolute atomic E-state index is 6.56. The molecule has 248 valence electrons. The number of amidine groups is 1. The highest BCUT2D eigenvalue weighted by Crippen LogP contribution is 2.48. The van der Waals surface area contributed by atoms with Crippen LogP contribution in [0.3, 0.4) is 0 Å². The maximum atomic E-state index is 6.56. The molecule has 0 spiro atoms. The van der Waals surface area contributed by atoms with Gasteiger partial charge in [0.15, 0.2) is 5.84 Å². The lowest BCUT2D eigenvalue weighted by Gasteiger charge is -2.33. The third kappa shape index (κ3) is 4.37. The molecule has 7 aromatic carbocycles. The van der Waals surface area contributed by atoms with Crippen LogP contribution in [0.15, 0.2) is 175 Å². The van der Waals surface area contributed by atoms with Crippen molar-refractivity contribution in [2.75, 3.05) is 0 Å². The van der Waals surface area contributed by atoms with Crippen molar-refractivity contribution in [2.45, 2.75) is 12.5 Å². The van der Waals surface area contributed by atoms with Gasteiger partial charge in [0.2, 0.25) is 0 Å². The number of nitrogens with one attached hydrogen (secondary N) is 1. The molecule has 1 unspecified atom stereocenters. The normalized spacial score (nSPS) is 13.4. The molecule has 0 saturated carbocycles. The quantitative estimate of drug-likeness (QED) is 0.0825. The van der Waals surface area contributed by atoms with Gasteiger partial charge in [-0.2, -0.15) is 5.10 Å². The van der Waals surface area contributed by atoms with Crippen LogP contribution in [0.25, 0.3) is 65.8 Å². The molecule has 3 heterocycles. The van der Waals surface area contributed by atoms with Crippen LogP contribution in [-0.4, -0.2) is 12.6 Å². The fourth-order valence-corrected chi connectivity index (χ4v) is 7.96. The number of hydrogen-bond donors (Lipinski definition) is 1. The van der Waals surface area contributed by atoms with Crippen molar-refractivity contribution in [2.24, 2.45) is 10.1 Å². The van der Waals surface area contributed by atoms with Gasteiger partial charge in [0.05, 0.1) is 5.56 Å². The highest BCUT2D eigenvalue weighted by Gasteiger charge is 2.40. The Morgan fingerprint density at radius 1 is 0.538 bits per heavy atom. The first-order valence-electron chi connectivity index (χ1n) is 17.2. The lowest BCUT2D eigenvalue weighted by molar-refractivity contribution is 0.646. The van der Waals surface area contributed by atoms with E-state index in [0.717, 1.165) is 88.0 Å². The predicted molar refractivity (Wildman–Crippen MR) is 211 cm³/mol. The van der Waals surface area contributed by atoms with Crippen LogP contribution in [0.1, 0.15) is 27.8 Å². The van der Waals surface area contributed by atoms with E-state index in [9.17, 15) is 0 Å². The van der Waals surface area contributed by atoms with Gasteiger partial charge in [0, 0.05) is 44.6 Å². The molecule has 6 heteroatoms. The van der Waals surface area contributed by atoms with Crippen LogP contribution >= 0.6 is 0 Å². The highest BCUT2D eigenvalue weighted by molar-refractivity contribution is 6.15. The zero-order valence-electron chi connectivity index (χ0n) is 28.3. The number of para-hydroxylation sites is 3. The third-order valence-electron chi connectivity index (χ3n) is 10.2. The Balaban J connectivity index is 1.39. The summed E-state index contributed by atoms with van der Waals surface area (Å²) < 4.78 is 19.5. The molecule has 1 N–H and O–H groups in total. The Labute approximate surface area is 298 Å². The van der Waals surface area contributed by atoms with Crippen LogP contribution < -0.4 is 5.43 Å². The number of aryl methyl sites for hydroxylation is 1. The van der Waals surface area contributed by atoms with Crippen molar-refractivity contribution < 1.29 is 13.3 Å². The van der Waals surface area contributed by atoms with Gasteiger partial charge < -0.3 is 13.3 Å². The van der Waals surface area contributed by atoms with Gasteiger partial charge in [-0.3, -0.25) is 5.43 Å². The monoisotopic (exact) mass is 673 g/mol. The first-order valence-corrected chi connectivity index (χ1v) is 17.2. The van der Waals surface area contributed by atoms with Crippen molar-refractivity contribution in [1.29, 1.82) is 0 Å². The number of nitrogens with zero attached hydrogens (tertiary/aromatic N) is 2. The zero-order valence-corrected chi connectivity index (χ0v) is 28.3. The first-order chi connectivity index (χ1) is 25.6. The number of hydrogen-bond acceptors (Lipinski definition) is 5. The highest BCUT2D eigenvalue weighted by atomic mass is 16.3. The summed E-state index contributed by atoms with van der Waals surface area (Å²) in [5.74, 6) is 0.502. The second-order valence-corrected chi connectivity index (χ2v) is 13.1. The molecule has 0 aliphatic rings. The molecule has 10 rings (SSSR count). The van der Waals surface area contributed by atoms with Gasteiger partial charge >= 0.3 is 0 Å². The molecule has 0 amide bonds. The van der Waals surface area contributed by atoms with Crippen molar-refractivity contribution in [3.63, 3.8) is 0 Å². The summed E-state index contributed by atoms with van der Waals surface area (Å²) in [5, 5.41) is 10.3. The van der Waals surface area contributed by atoms with E-state index < -0.39 is 5.54 Å². The molecule has 0 radical (unpaired) electrons. The number of hydrazone groups is 1. The molecule has 0 aliphatic heterocycles. The van der Waals surface area contributed by atoms with E-state index >= 15 is 0 Å². The van der Waals surface area contributed by atoms with Crippen LogP contribution in [0, 0.1) is 6.92 Å². The summed E-state index contributed by atoms with van der Waals surface area (Å²) in [6.07, 6.45) is 0. The van der Waals surface area contributed by atoms with Crippen molar-refractivity contribution in [3.8, 4) is 0 Å². The van der Waals surface area contributed by atoms with Gasteiger partial charge in [-0.15, -0.1) is 0 Å². The fraction of sp³-hybridized carbons (Fsp3) is 0.0435. The molecule has 52 heavy (non-hydrogen) atoms.